The SMILES string of the molecule is CNC(=O)C1CNCCN1C(=O)c1ccc(OC)c(Br)c1. The topological polar surface area (TPSA) is 70.7 Å². The predicted octanol–water partition coefficient (Wildman–Crippen LogP) is 0.618. The number of piperazine rings is 1. The zero-order valence-electron chi connectivity index (χ0n) is 12.0. The third-order valence-corrected chi connectivity index (χ3v) is 4.07. The third kappa shape index (κ3) is 3.36. The zero-order chi connectivity index (χ0) is 15.4. The lowest BCUT2D eigenvalue weighted by atomic mass is 10.1. The van der Waals surface area contributed by atoms with E-state index in [1.807, 2.05) is 0 Å². The Bertz CT molecular complexity index is 550. The first-order valence-corrected chi connectivity index (χ1v) is 7.44. The highest BCUT2D eigenvalue weighted by Crippen LogP contribution is 2.26. The molecule has 1 aromatic carbocycles. The van der Waals surface area contributed by atoms with Gasteiger partial charge in [0, 0.05) is 32.2 Å². The molecule has 0 bridgehead atoms. The lowest BCUT2D eigenvalue weighted by Gasteiger charge is -2.35. The molecule has 0 spiro atoms. The highest BCUT2D eigenvalue weighted by Gasteiger charge is 2.32. The van der Waals surface area contributed by atoms with Crippen molar-refractivity contribution in [3.63, 3.8) is 0 Å². The summed E-state index contributed by atoms with van der Waals surface area (Å²) in [7, 11) is 3.14. The molecule has 0 aromatic heterocycles. The molecule has 1 aliphatic heterocycles. The van der Waals surface area contributed by atoms with Crippen LogP contribution in [0, 0.1) is 0 Å². The quantitative estimate of drug-likeness (QED) is 0.833. The number of halogens is 1. The molecule has 2 N–H and O–H groups in total. The van der Waals surface area contributed by atoms with Crippen molar-refractivity contribution < 1.29 is 14.3 Å². The molecule has 1 aliphatic rings. The smallest absolute Gasteiger partial charge is 0.254 e. The van der Waals surface area contributed by atoms with E-state index in [4.69, 9.17) is 4.74 Å². The summed E-state index contributed by atoms with van der Waals surface area (Å²) in [5, 5.41) is 5.73. The Balaban J connectivity index is 2.24. The first kappa shape index (κ1) is 15.8. The van der Waals surface area contributed by atoms with Crippen molar-refractivity contribution in [2.75, 3.05) is 33.8 Å². The Morgan fingerprint density at radius 3 is 2.86 bits per heavy atom. The van der Waals surface area contributed by atoms with Crippen LogP contribution in [-0.2, 0) is 4.79 Å². The number of amides is 2. The number of rotatable bonds is 3. The van der Waals surface area contributed by atoms with Crippen LogP contribution in [0.5, 0.6) is 5.75 Å². The number of hydrogen-bond donors (Lipinski definition) is 2. The fraction of sp³-hybridized carbons (Fsp3) is 0.429. The molecule has 7 heteroatoms. The fourth-order valence-corrected chi connectivity index (χ4v) is 2.85. The van der Waals surface area contributed by atoms with Gasteiger partial charge in [0.15, 0.2) is 0 Å². The van der Waals surface area contributed by atoms with Gasteiger partial charge in [0.1, 0.15) is 11.8 Å². The monoisotopic (exact) mass is 355 g/mol. The highest BCUT2D eigenvalue weighted by molar-refractivity contribution is 9.10. The van der Waals surface area contributed by atoms with E-state index in [-0.39, 0.29) is 11.8 Å². The van der Waals surface area contributed by atoms with Gasteiger partial charge in [-0.1, -0.05) is 0 Å². The van der Waals surface area contributed by atoms with Crippen molar-refractivity contribution in [1.29, 1.82) is 0 Å². The number of methoxy groups -OCH3 is 1. The summed E-state index contributed by atoms with van der Waals surface area (Å²) in [4.78, 5) is 26.1. The third-order valence-electron chi connectivity index (χ3n) is 3.45. The molecule has 0 radical (unpaired) electrons. The minimum atomic E-state index is -0.489. The molecule has 0 saturated carbocycles. The second kappa shape index (κ2) is 6.91. The number of ether oxygens (including phenoxy) is 1. The van der Waals surface area contributed by atoms with Gasteiger partial charge in [0.05, 0.1) is 11.6 Å². The van der Waals surface area contributed by atoms with Crippen LogP contribution >= 0.6 is 15.9 Å². The summed E-state index contributed by atoms with van der Waals surface area (Å²) in [6.07, 6.45) is 0. The second-order valence-corrected chi connectivity index (χ2v) is 5.54. The molecule has 1 heterocycles. The molecule has 114 valence electrons. The molecule has 2 rings (SSSR count). The molecular formula is C14H18BrN3O3. The van der Waals surface area contributed by atoms with E-state index in [1.165, 1.54) is 0 Å². The van der Waals surface area contributed by atoms with E-state index in [0.717, 1.165) is 0 Å². The van der Waals surface area contributed by atoms with Gasteiger partial charge in [-0.15, -0.1) is 0 Å². The number of benzene rings is 1. The number of hydrogen-bond acceptors (Lipinski definition) is 4. The van der Waals surface area contributed by atoms with Gasteiger partial charge in [-0.25, -0.2) is 0 Å². The summed E-state index contributed by atoms with van der Waals surface area (Å²) < 4.78 is 5.87. The van der Waals surface area contributed by atoms with E-state index < -0.39 is 6.04 Å². The first-order chi connectivity index (χ1) is 10.1. The zero-order valence-corrected chi connectivity index (χ0v) is 13.6. The van der Waals surface area contributed by atoms with Gasteiger partial charge in [0.2, 0.25) is 5.91 Å². The first-order valence-electron chi connectivity index (χ1n) is 6.65. The normalized spacial score (nSPS) is 18.2. The maximum absolute atomic E-state index is 12.6. The van der Waals surface area contributed by atoms with Gasteiger partial charge < -0.3 is 20.3 Å². The predicted molar refractivity (Wildman–Crippen MR) is 82.5 cm³/mol. The van der Waals surface area contributed by atoms with E-state index in [1.54, 1.807) is 37.3 Å². The maximum Gasteiger partial charge on any atom is 0.254 e. The molecule has 1 atom stereocenters. The van der Waals surface area contributed by atoms with Crippen LogP contribution in [0.15, 0.2) is 22.7 Å². The average Bonchev–Trinajstić information content (AvgIpc) is 2.53. The van der Waals surface area contributed by atoms with Crippen LogP contribution in [0.1, 0.15) is 10.4 Å². The van der Waals surface area contributed by atoms with Crippen molar-refractivity contribution in [2.24, 2.45) is 0 Å². The van der Waals surface area contributed by atoms with Gasteiger partial charge in [-0.2, -0.15) is 0 Å². The number of carbonyl (C=O) groups excluding carboxylic acids is 2. The summed E-state index contributed by atoms with van der Waals surface area (Å²) >= 11 is 3.37. The van der Waals surface area contributed by atoms with Crippen LogP contribution in [0.25, 0.3) is 0 Å². The fourth-order valence-electron chi connectivity index (χ4n) is 2.31. The Morgan fingerprint density at radius 1 is 1.48 bits per heavy atom. The van der Waals surface area contributed by atoms with Crippen molar-refractivity contribution in [3.8, 4) is 5.75 Å². The Morgan fingerprint density at radius 2 is 2.24 bits per heavy atom. The van der Waals surface area contributed by atoms with Crippen LogP contribution in [0.3, 0.4) is 0 Å². The molecule has 0 aliphatic carbocycles. The molecule has 1 fully saturated rings. The summed E-state index contributed by atoms with van der Waals surface area (Å²) in [5.74, 6) is 0.339. The van der Waals surface area contributed by atoms with Crippen molar-refractivity contribution in [2.45, 2.75) is 6.04 Å². The van der Waals surface area contributed by atoms with E-state index in [0.29, 0.717) is 35.4 Å². The van der Waals surface area contributed by atoms with Gasteiger partial charge in [-0.3, -0.25) is 9.59 Å². The van der Waals surface area contributed by atoms with E-state index in [9.17, 15) is 9.59 Å². The lowest BCUT2D eigenvalue weighted by molar-refractivity contribution is -0.125. The standard InChI is InChI=1S/C14H18BrN3O3/c1-16-13(19)11-8-17-5-6-18(11)14(20)9-3-4-12(21-2)10(15)7-9/h3-4,7,11,17H,5-6,8H2,1-2H3,(H,16,19). The number of carbonyl (C=O) groups is 2. The summed E-state index contributed by atoms with van der Waals surface area (Å²) in [6.45, 7) is 1.64. The largest absolute Gasteiger partial charge is 0.496 e. The summed E-state index contributed by atoms with van der Waals surface area (Å²) in [6, 6.07) is 4.66. The van der Waals surface area contributed by atoms with E-state index >= 15 is 0 Å². The molecule has 1 saturated heterocycles. The van der Waals surface area contributed by atoms with Crippen LogP contribution in [0.2, 0.25) is 0 Å². The van der Waals surface area contributed by atoms with E-state index in [2.05, 4.69) is 26.6 Å². The Labute approximate surface area is 132 Å². The van der Waals surface area contributed by atoms with Crippen molar-refractivity contribution in [3.05, 3.63) is 28.2 Å². The molecule has 21 heavy (non-hydrogen) atoms. The van der Waals surface area contributed by atoms with Crippen LogP contribution < -0.4 is 15.4 Å². The Kier molecular flexibility index (Phi) is 5.19. The lowest BCUT2D eigenvalue weighted by Crippen LogP contribution is -2.59. The van der Waals surface area contributed by atoms with Crippen LogP contribution in [-0.4, -0.2) is 56.5 Å². The minimum Gasteiger partial charge on any atom is -0.496 e. The summed E-state index contributed by atoms with van der Waals surface area (Å²) in [5.41, 5.74) is 0.526. The average molecular weight is 356 g/mol. The second-order valence-electron chi connectivity index (χ2n) is 4.68. The highest BCUT2D eigenvalue weighted by atomic mass is 79.9. The number of likely N-dealkylation sites (N-methyl/N-ethyl adjacent to an activating group) is 1. The molecular weight excluding hydrogens is 338 g/mol. The molecule has 6 nitrogen and oxygen atoms in total. The Hall–Kier alpha value is -1.60. The number of nitrogens with one attached hydrogen (secondary N) is 2. The van der Waals surface area contributed by atoms with Gasteiger partial charge >= 0.3 is 0 Å². The maximum atomic E-state index is 12.6. The molecule has 2 amide bonds. The van der Waals surface area contributed by atoms with Crippen molar-refractivity contribution in [1.82, 2.24) is 15.5 Å². The minimum absolute atomic E-state index is 0.159. The van der Waals surface area contributed by atoms with Crippen LogP contribution in [0.4, 0.5) is 0 Å². The van der Waals surface area contributed by atoms with Crippen molar-refractivity contribution >= 4 is 27.7 Å². The molecule has 1 aromatic rings. The van der Waals surface area contributed by atoms with Gasteiger partial charge in [-0.05, 0) is 34.1 Å². The number of nitrogens with zero attached hydrogens (tertiary/aromatic N) is 1. The van der Waals surface area contributed by atoms with Gasteiger partial charge in [0.25, 0.3) is 5.91 Å². The molecule has 1 unspecified atom stereocenters.